The number of anilines is 1. The molecular formula is C32H23BrN2O7. The van der Waals surface area contributed by atoms with Crippen LogP contribution in [0.15, 0.2) is 95.1 Å². The molecule has 0 saturated carbocycles. The number of hydrogen-bond acceptors (Lipinski definition) is 8. The van der Waals surface area contributed by atoms with E-state index in [0.717, 1.165) is 4.90 Å². The lowest BCUT2D eigenvalue weighted by atomic mass is 9.85. The molecular weight excluding hydrogens is 604 g/mol. The van der Waals surface area contributed by atoms with Crippen LogP contribution in [-0.4, -0.2) is 54.3 Å². The van der Waals surface area contributed by atoms with Gasteiger partial charge in [0.2, 0.25) is 18.6 Å². The number of amides is 2. The van der Waals surface area contributed by atoms with E-state index in [-0.39, 0.29) is 18.4 Å². The molecule has 0 aromatic heterocycles. The van der Waals surface area contributed by atoms with E-state index < -0.39 is 35.7 Å². The van der Waals surface area contributed by atoms with Crippen LogP contribution >= 0.6 is 15.9 Å². The fourth-order valence-electron chi connectivity index (χ4n) is 6.22. The minimum absolute atomic E-state index is 0.0479. The largest absolute Gasteiger partial charge is 0.496 e. The third-order valence-electron chi connectivity index (χ3n) is 8.17. The second-order valence-corrected chi connectivity index (χ2v) is 11.2. The maximum absolute atomic E-state index is 14.1. The molecule has 0 unspecified atom stereocenters. The number of fused-ring (bicyclic) bond motifs is 4. The van der Waals surface area contributed by atoms with Crippen LogP contribution in [0.5, 0.6) is 17.2 Å². The second kappa shape index (κ2) is 9.99. The third-order valence-corrected chi connectivity index (χ3v) is 8.79. The maximum Gasteiger partial charge on any atom is 0.240 e. The Morgan fingerprint density at radius 3 is 2.43 bits per heavy atom. The normalized spacial score (nSPS) is 23.5. The van der Waals surface area contributed by atoms with Gasteiger partial charge in [-0.2, -0.15) is 0 Å². The Hall–Kier alpha value is -4.70. The Morgan fingerprint density at radius 2 is 1.67 bits per heavy atom. The average molecular weight is 627 g/mol. The quantitative estimate of drug-likeness (QED) is 0.290. The minimum atomic E-state index is -0.978. The average Bonchev–Trinajstić information content (AvgIpc) is 3.69. The molecule has 4 heterocycles. The monoisotopic (exact) mass is 626 g/mol. The number of nitrogens with zero attached hydrogens (tertiary/aromatic N) is 2. The Balaban J connectivity index is 1.31. The van der Waals surface area contributed by atoms with Crippen LogP contribution in [0.4, 0.5) is 5.69 Å². The number of carbonyl (C=O) groups excluding carboxylic acids is 4. The van der Waals surface area contributed by atoms with Gasteiger partial charge in [0.15, 0.2) is 23.1 Å². The lowest BCUT2D eigenvalue weighted by Gasteiger charge is -2.33. The van der Waals surface area contributed by atoms with Crippen LogP contribution in [-0.2, 0) is 9.59 Å². The zero-order valence-corrected chi connectivity index (χ0v) is 23.8. The van der Waals surface area contributed by atoms with Crippen molar-refractivity contribution >= 4 is 45.0 Å². The molecule has 7 rings (SSSR count). The first kappa shape index (κ1) is 26.2. The van der Waals surface area contributed by atoms with Crippen molar-refractivity contribution < 1.29 is 33.4 Å². The molecule has 3 aromatic rings. The third kappa shape index (κ3) is 3.97. The summed E-state index contributed by atoms with van der Waals surface area (Å²) in [6, 6.07) is 17.0. The van der Waals surface area contributed by atoms with Crippen molar-refractivity contribution in [1.29, 1.82) is 0 Å². The van der Waals surface area contributed by atoms with E-state index >= 15 is 0 Å². The summed E-state index contributed by atoms with van der Waals surface area (Å²) < 4.78 is 16.8. The van der Waals surface area contributed by atoms with Crippen LogP contribution in [0.2, 0.25) is 0 Å². The van der Waals surface area contributed by atoms with E-state index in [1.165, 1.54) is 7.11 Å². The zero-order chi connectivity index (χ0) is 29.1. The number of methoxy groups -OCH3 is 1. The van der Waals surface area contributed by atoms with Gasteiger partial charge in [0.25, 0.3) is 0 Å². The lowest BCUT2D eigenvalue weighted by Crippen LogP contribution is -2.46. The highest BCUT2D eigenvalue weighted by molar-refractivity contribution is 9.10. The van der Waals surface area contributed by atoms with Crippen molar-refractivity contribution in [2.75, 3.05) is 18.8 Å². The first-order valence-electron chi connectivity index (χ1n) is 13.3. The van der Waals surface area contributed by atoms with Gasteiger partial charge < -0.3 is 19.1 Å². The molecule has 2 fully saturated rings. The van der Waals surface area contributed by atoms with Crippen molar-refractivity contribution in [1.82, 2.24) is 4.90 Å². The lowest BCUT2D eigenvalue weighted by molar-refractivity contribution is -0.123. The van der Waals surface area contributed by atoms with Crippen LogP contribution < -0.4 is 19.1 Å². The maximum atomic E-state index is 14.1. The SMILES string of the molecule is COc1ccc(C(=O)[C@@H]2[C@@H]3C(=O)N(c4ccc5c(c4)OCO5)C(=O)[C@@H]3[C@H]3C=C(C(=O)c4ccccc4)C=CN32)cc1Br. The fourth-order valence-corrected chi connectivity index (χ4v) is 6.76. The summed E-state index contributed by atoms with van der Waals surface area (Å²) in [5.74, 6) is -1.81. The van der Waals surface area contributed by atoms with Crippen LogP contribution in [0.25, 0.3) is 0 Å². The van der Waals surface area contributed by atoms with Gasteiger partial charge in [-0.1, -0.05) is 36.4 Å². The van der Waals surface area contributed by atoms with E-state index in [1.807, 2.05) is 6.07 Å². The van der Waals surface area contributed by atoms with Crippen LogP contribution in [0.1, 0.15) is 20.7 Å². The molecule has 210 valence electrons. The van der Waals surface area contributed by atoms with E-state index in [0.29, 0.717) is 44.1 Å². The van der Waals surface area contributed by atoms with Crippen LogP contribution in [0, 0.1) is 11.8 Å². The van der Waals surface area contributed by atoms with Crippen molar-refractivity contribution in [3.05, 3.63) is 106 Å². The summed E-state index contributed by atoms with van der Waals surface area (Å²) in [6.45, 7) is 0.0479. The molecule has 4 aliphatic heterocycles. The predicted molar refractivity (Wildman–Crippen MR) is 154 cm³/mol. The molecule has 9 nitrogen and oxygen atoms in total. The Labute approximate surface area is 249 Å². The Morgan fingerprint density at radius 1 is 0.905 bits per heavy atom. The summed E-state index contributed by atoms with van der Waals surface area (Å²) in [6.07, 6.45) is 5.01. The second-order valence-electron chi connectivity index (χ2n) is 10.3. The number of ether oxygens (including phenoxy) is 3. The van der Waals surface area contributed by atoms with Crippen molar-refractivity contribution in [2.24, 2.45) is 11.8 Å². The topological polar surface area (TPSA) is 102 Å². The molecule has 2 saturated heterocycles. The highest BCUT2D eigenvalue weighted by Crippen LogP contribution is 2.48. The Bertz CT molecular complexity index is 1730. The van der Waals surface area contributed by atoms with E-state index in [1.54, 1.807) is 83.9 Å². The molecule has 0 N–H and O–H groups in total. The summed E-state index contributed by atoms with van der Waals surface area (Å²) in [4.78, 5) is 58.5. The molecule has 2 amide bonds. The van der Waals surface area contributed by atoms with Gasteiger partial charge in [-0.05, 0) is 52.3 Å². The first-order chi connectivity index (χ1) is 20.4. The summed E-state index contributed by atoms with van der Waals surface area (Å²) in [5, 5.41) is 0. The number of imide groups is 1. The molecule has 0 spiro atoms. The number of ketones is 2. The molecule has 0 radical (unpaired) electrons. The number of benzene rings is 3. The van der Waals surface area contributed by atoms with Crippen molar-refractivity contribution in [3.8, 4) is 17.2 Å². The summed E-state index contributed by atoms with van der Waals surface area (Å²) in [7, 11) is 1.53. The highest BCUT2D eigenvalue weighted by atomic mass is 79.9. The zero-order valence-electron chi connectivity index (χ0n) is 22.2. The Kier molecular flexibility index (Phi) is 6.23. The van der Waals surface area contributed by atoms with Gasteiger partial charge in [-0.15, -0.1) is 0 Å². The minimum Gasteiger partial charge on any atom is -0.496 e. The number of rotatable bonds is 6. The molecule has 4 aliphatic rings. The van der Waals surface area contributed by atoms with E-state index in [4.69, 9.17) is 14.2 Å². The van der Waals surface area contributed by atoms with Crippen LogP contribution in [0.3, 0.4) is 0 Å². The van der Waals surface area contributed by atoms with Gasteiger partial charge >= 0.3 is 0 Å². The van der Waals surface area contributed by atoms with Gasteiger partial charge in [-0.25, -0.2) is 4.90 Å². The number of Topliss-reactive ketones (excluding diaryl/α,β-unsaturated/α-hetero) is 2. The smallest absolute Gasteiger partial charge is 0.240 e. The first-order valence-corrected chi connectivity index (χ1v) is 14.1. The molecule has 0 aliphatic carbocycles. The molecule has 42 heavy (non-hydrogen) atoms. The van der Waals surface area contributed by atoms with E-state index in [2.05, 4.69) is 15.9 Å². The van der Waals surface area contributed by atoms with Gasteiger partial charge in [0.05, 0.1) is 35.1 Å². The van der Waals surface area contributed by atoms with Gasteiger partial charge in [0, 0.05) is 29.0 Å². The molecule has 0 bridgehead atoms. The van der Waals surface area contributed by atoms with Crippen molar-refractivity contribution in [2.45, 2.75) is 12.1 Å². The van der Waals surface area contributed by atoms with Crippen molar-refractivity contribution in [3.63, 3.8) is 0 Å². The standard InChI is InChI=1S/C32H23BrN2O7/c1-40-23-9-7-18(13-21(23)33)30(37)28-27-26(22-14-19(11-12-34(22)28)29(36)17-5-3-2-4-6-17)31(38)35(32(27)39)20-8-10-24-25(15-20)42-16-41-24/h2-15,22,26-28H,16H2,1H3/t22-,26-,27-,28+/m1/s1. The number of hydrogen-bond donors (Lipinski definition) is 0. The number of halogens is 1. The fraction of sp³-hybridized carbons (Fsp3) is 0.188. The molecule has 10 heteroatoms. The predicted octanol–water partition coefficient (Wildman–Crippen LogP) is 4.56. The van der Waals surface area contributed by atoms with Gasteiger partial charge in [0.1, 0.15) is 11.8 Å². The molecule has 4 atom stereocenters. The number of allylic oxidation sites excluding steroid dienone is 2. The molecule has 3 aromatic carbocycles. The van der Waals surface area contributed by atoms with Gasteiger partial charge in [-0.3, -0.25) is 19.2 Å². The van der Waals surface area contributed by atoms with E-state index in [9.17, 15) is 19.2 Å². The summed E-state index contributed by atoms with van der Waals surface area (Å²) >= 11 is 3.44. The highest BCUT2D eigenvalue weighted by Gasteiger charge is 2.63. The number of carbonyl (C=O) groups is 4. The summed E-state index contributed by atoms with van der Waals surface area (Å²) in [5.41, 5.74) is 1.59.